The zero-order chi connectivity index (χ0) is 17.2. The fraction of sp³-hybridized carbons (Fsp3) is 0.238. The maximum Gasteiger partial charge on any atom is 0.250 e. The SMILES string of the molecule is NC(=O)c1ccc(N2CCCC(c3ccccc3)C2)c2cccnc12. The van der Waals surface area contributed by atoms with Crippen molar-refractivity contribution in [1.29, 1.82) is 0 Å². The molecule has 0 radical (unpaired) electrons. The average Bonchev–Trinajstić information content (AvgIpc) is 2.68. The Labute approximate surface area is 147 Å². The Morgan fingerprint density at radius 2 is 1.92 bits per heavy atom. The second kappa shape index (κ2) is 6.55. The lowest BCUT2D eigenvalue weighted by atomic mass is 9.90. The number of hydrogen-bond acceptors (Lipinski definition) is 3. The third-order valence-electron chi connectivity index (χ3n) is 5.05. The first-order chi connectivity index (χ1) is 12.2. The molecule has 1 aliphatic heterocycles. The normalized spacial score (nSPS) is 17.6. The number of fused-ring (bicyclic) bond motifs is 1. The van der Waals surface area contributed by atoms with E-state index in [2.05, 4.69) is 40.2 Å². The van der Waals surface area contributed by atoms with Gasteiger partial charge >= 0.3 is 0 Å². The van der Waals surface area contributed by atoms with Crippen LogP contribution in [-0.2, 0) is 0 Å². The number of amides is 1. The molecule has 2 N–H and O–H groups in total. The van der Waals surface area contributed by atoms with Gasteiger partial charge in [-0.15, -0.1) is 0 Å². The van der Waals surface area contributed by atoms with Crippen molar-refractivity contribution in [2.45, 2.75) is 18.8 Å². The molecule has 2 heterocycles. The van der Waals surface area contributed by atoms with Crippen molar-refractivity contribution in [2.24, 2.45) is 5.73 Å². The summed E-state index contributed by atoms with van der Waals surface area (Å²) in [6.07, 6.45) is 4.07. The number of carbonyl (C=O) groups is 1. The molecule has 0 bridgehead atoms. The minimum atomic E-state index is -0.434. The molecule has 126 valence electrons. The third kappa shape index (κ3) is 2.95. The lowest BCUT2D eigenvalue weighted by molar-refractivity contribution is 0.100. The molecule has 4 heteroatoms. The minimum absolute atomic E-state index is 0.434. The Hall–Kier alpha value is -2.88. The van der Waals surface area contributed by atoms with Gasteiger partial charge in [0.25, 0.3) is 5.91 Å². The first kappa shape index (κ1) is 15.6. The highest BCUT2D eigenvalue weighted by molar-refractivity contribution is 6.08. The summed E-state index contributed by atoms with van der Waals surface area (Å²) in [5, 5.41) is 0.993. The summed E-state index contributed by atoms with van der Waals surface area (Å²) in [5.41, 5.74) is 9.21. The van der Waals surface area contributed by atoms with Crippen molar-refractivity contribution >= 4 is 22.5 Å². The second-order valence-electron chi connectivity index (χ2n) is 6.59. The van der Waals surface area contributed by atoms with Gasteiger partial charge in [0.05, 0.1) is 11.1 Å². The molecule has 1 fully saturated rings. The summed E-state index contributed by atoms with van der Waals surface area (Å²) in [5.74, 6) is 0.0912. The largest absolute Gasteiger partial charge is 0.370 e. The van der Waals surface area contributed by atoms with Gasteiger partial charge in [-0.2, -0.15) is 0 Å². The van der Waals surface area contributed by atoms with Crippen molar-refractivity contribution < 1.29 is 4.79 Å². The van der Waals surface area contributed by atoms with Gasteiger partial charge in [-0.1, -0.05) is 30.3 Å². The van der Waals surface area contributed by atoms with Crippen molar-refractivity contribution in [3.63, 3.8) is 0 Å². The molecule has 0 saturated carbocycles. The Morgan fingerprint density at radius 3 is 2.72 bits per heavy atom. The number of benzene rings is 2. The number of nitrogens with zero attached hydrogens (tertiary/aromatic N) is 2. The first-order valence-corrected chi connectivity index (χ1v) is 8.71. The number of rotatable bonds is 3. The highest BCUT2D eigenvalue weighted by Crippen LogP contribution is 2.34. The summed E-state index contributed by atoms with van der Waals surface area (Å²) in [4.78, 5) is 18.5. The maximum absolute atomic E-state index is 11.7. The molecule has 2 aromatic carbocycles. The van der Waals surface area contributed by atoms with Crippen LogP contribution in [0.25, 0.3) is 10.9 Å². The third-order valence-corrected chi connectivity index (χ3v) is 5.05. The van der Waals surface area contributed by atoms with Crippen LogP contribution in [0, 0.1) is 0 Å². The van der Waals surface area contributed by atoms with Crippen molar-refractivity contribution in [3.05, 3.63) is 71.9 Å². The van der Waals surface area contributed by atoms with E-state index in [9.17, 15) is 4.79 Å². The first-order valence-electron chi connectivity index (χ1n) is 8.71. The van der Waals surface area contributed by atoms with Crippen LogP contribution in [0.1, 0.15) is 34.7 Å². The summed E-state index contributed by atoms with van der Waals surface area (Å²) in [6.45, 7) is 1.99. The molecule has 0 spiro atoms. The second-order valence-corrected chi connectivity index (χ2v) is 6.59. The zero-order valence-corrected chi connectivity index (χ0v) is 14.1. The van der Waals surface area contributed by atoms with E-state index in [1.807, 2.05) is 18.2 Å². The van der Waals surface area contributed by atoms with Crippen LogP contribution in [0.4, 0.5) is 5.69 Å². The molecule has 1 unspecified atom stereocenters. The van der Waals surface area contributed by atoms with Crippen LogP contribution in [0.3, 0.4) is 0 Å². The highest BCUT2D eigenvalue weighted by Gasteiger charge is 2.23. The standard InChI is InChI=1S/C21H21N3O/c22-21(25)18-10-11-19(17-9-4-12-23-20(17)18)24-13-5-8-16(14-24)15-6-2-1-3-7-15/h1-4,6-7,9-12,16H,5,8,13-14H2,(H2,22,25). The molecule has 3 aromatic rings. The molecule has 4 nitrogen and oxygen atoms in total. The van der Waals surface area contributed by atoms with E-state index in [-0.39, 0.29) is 0 Å². The molecule has 4 rings (SSSR count). The van der Waals surface area contributed by atoms with Gasteiger partial charge in [-0.3, -0.25) is 9.78 Å². The number of carbonyl (C=O) groups excluding carboxylic acids is 1. The van der Waals surface area contributed by atoms with Gasteiger partial charge in [0.2, 0.25) is 0 Å². The smallest absolute Gasteiger partial charge is 0.250 e. The molecule has 1 aromatic heterocycles. The highest BCUT2D eigenvalue weighted by atomic mass is 16.1. The Bertz CT molecular complexity index is 907. The fourth-order valence-electron chi connectivity index (χ4n) is 3.83. The summed E-state index contributed by atoms with van der Waals surface area (Å²) in [6, 6.07) is 18.5. The van der Waals surface area contributed by atoms with E-state index < -0.39 is 5.91 Å². The van der Waals surface area contributed by atoms with Gasteiger partial charge in [-0.25, -0.2) is 0 Å². The van der Waals surface area contributed by atoms with Gasteiger partial charge in [0, 0.05) is 36.3 Å². The molecule has 1 atom stereocenters. The van der Waals surface area contributed by atoms with Crippen LogP contribution in [0.5, 0.6) is 0 Å². The molecular weight excluding hydrogens is 310 g/mol. The summed E-state index contributed by atoms with van der Waals surface area (Å²) >= 11 is 0. The lowest BCUT2D eigenvalue weighted by Gasteiger charge is -2.35. The van der Waals surface area contributed by atoms with Crippen LogP contribution in [-0.4, -0.2) is 24.0 Å². The minimum Gasteiger partial charge on any atom is -0.370 e. The Balaban J connectivity index is 1.72. The van der Waals surface area contributed by atoms with Gasteiger partial charge in [0.1, 0.15) is 0 Å². The van der Waals surface area contributed by atoms with Crippen LogP contribution < -0.4 is 10.6 Å². The number of nitrogens with two attached hydrogens (primary N) is 1. The number of pyridine rings is 1. The molecule has 0 aliphatic carbocycles. The van der Waals surface area contributed by atoms with E-state index in [4.69, 9.17) is 5.73 Å². The Morgan fingerprint density at radius 1 is 1.08 bits per heavy atom. The zero-order valence-electron chi connectivity index (χ0n) is 14.1. The molecule has 1 amide bonds. The number of piperidine rings is 1. The lowest BCUT2D eigenvalue weighted by Crippen LogP contribution is -2.34. The van der Waals surface area contributed by atoms with Gasteiger partial charge < -0.3 is 10.6 Å². The number of primary amides is 1. The van der Waals surface area contributed by atoms with Gasteiger partial charge in [0.15, 0.2) is 0 Å². The van der Waals surface area contributed by atoms with Crippen molar-refractivity contribution in [1.82, 2.24) is 4.98 Å². The van der Waals surface area contributed by atoms with Crippen molar-refractivity contribution in [3.8, 4) is 0 Å². The van der Waals surface area contributed by atoms with Crippen LogP contribution in [0.2, 0.25) is 0 Å². The van der Waals surface area contributed by atoms with Crippen molar-refractivity contribution in [2.75, 3.05) is 18.0 Å². The molecular formula is C21H21N3O. The summed E-state index contributed by atoms with van der Waals surface area (Å²) in [7, 11) is 0. The topological polar surface area (TPSA) is 59.2 Å². The molecule has 1 aliphatic rings. The van der Waals surface area contributed by atoms with Gasteiger partial charge in [-0.05, 0) is 42.7 Å². The van der Waals surface area contributed by atoms with E-state index in [0.717, 1.165) is 30.6 Å². The monoisotopic (exact) mass is 331 g/mol. The number of aromatic nitrogens is 1. The maximum atomic E-state index is 11.7. The average molecular weight is 331 g/mol. The number of hydrogen-bond donors (Lipinski definition) is 1. The van der Waals surface area contributed by atoms with Crippen LogP contribution in [0.15, 0.2) is 60.8 Å². The summed E-state index contributed by atoms with van der Waals surface area (Å²) < 4.78 is 0. The number of anilines is 1. The molecule has 25 heavy (non-hydrogen) atoms. The predicted octanol–water partition coefficient (Wildman–Crippen LogP) is 3.72. The molecule has 1 saturated heterocycles. The Kier molecular flexibility index (Phi) is 4.10. The van der Waals surface area contributed by atoms with E-state index in [1.54, 1.807) is 12.3 Å². The quantitative estimate of drug-likeness (QED) is 0.796. The van der Waals surface area contributed by atoms with E-state index in [0.29, 0.717) is 17.0 Å². The predicted molar refractivity (Wildman–Crippen MR) is 101 cm³/mol. The van der Waals surface area contributed by atoms with Crippen LogP contribution >= 0.6 is 0 Å². The van der Waals surface area contributed by atoms with E-state index in [1.165, 1.54) is 12.0 Å². The van der Waals surface area contributed by atoms with E-state index >= 15 is 0 Å². The fourth-order valence-corrected chi connectivity index (χ4v) is 3.83.